The van der Waals surface area contributed by atoms with Gasteiger partial charge in [0.2, 0.25) is 0 Å². The number of carbonyl (C=O) groups is 1. The molecule has 3 aromatic heterocycles. The van der Waals surface area contributed by atoms with Crippen LogP contribution in [0.1, 0.15) is 21.9 Å². The highest BCUT2D eigenvalue weighted by molar-refractivity contribution is 7.98. The first-order chi connectivity index (χ1) is 15.2. The molecule has 1 amide bonds. The molecule has 0 aliphatic carbocycles. The Hall–Kier alpha value is -2.11. The monoisotopic (exact) mass is 526 g/mol. The van der Waals surface area contributed by atoms with Crippen molar-refractivity contribution in [3.63, 3.8) is 0 Å². The lowest BCUT2D eigenvalue weighted by Gasteiger charge is -2.10. The number of fused-ring (bicyclic) bond motifs is 1. The molecule has 0 aliphatic heterocycles. The zero-order valence-corrected chi connectivity index (χ0v) is 20.8. The van der Waals surface area contributed by atoms with Gasteiger partial charge in [0.25, 0.3) is 15.9 Å². The minimum Gasteiger partial charge on any atom is -0.308 e. The third-order valence-electron chi connectivity index (χ3n) is 4.64. The molecule has 32 heavy (non-hydrogen) atoms. The smallest absolute Gasteiger partial charge is 0.283 e. The molecule has 3 heterocycles. The van der Waals surface area contributed by atoms with Crippen molar-refractivity contribution in [2.45, 2.75) is 22.6 Å². The first-order valence-electron chi connectivity index (χ1n) is 9.17. The SMILES string of the molecule is CSc1ccc(Cn2c(C)nc3ccc(C(=O)NS(=O)(=O)c4ccc(Cl)s4)nc32)c(Cl)c1. The number of sulfonamides is 1. The fourth-order valence-corrected chi connectivity index (χ4v) is 6.24. The molecule has 0 bridgehead atoms. The Labute approximate surface area is 202 Å². The highest BCUT2D eigenvalue weighted by Crippen LogP contribution is 2.27. The van der Waals surface area contributed by atoms with Gasteiger partial charge in [0.05, 0.1) is 10.9 Å². The summed E-state index contributed by atoms with van der Waals surface area (Å²) in [4.78, 5) is 22.6. The zero-order valence-electron chi connectivity index (χ0n) is 16.8. The van der Waals surface area contributed by atoms with Crippen LogP contribution in [0.25, 0.3) is 11.2 Å². The fourth-order valence-electron chi connectivity index (χ4n) is 3.05. The number of nitrogens with one attached hydrogen (secondary N) is 1. The molecule has 0 radical (unpaired) electrons. The molecule has 7 nitrogen and oxygen atoms in total. The summed E-state index contributed by atoms with van der Waals surface area (Å²) < 4.78 is 29.0. The number of thiophene rings is 1. The van der Waals surface area contributed by atoms with Crippen molar-refractivity contribution in [2.75, 3.05) is 6.26 Å². The molecule has 0 unspecified atom stereocenters. The van der Waals surface area contributed by atoms with E-state index in [2.05, 4.69) is 9.97 Å². The number of aromatic nitrogens is 3. The van der Waals surface area contributed by atoms with Gasteiger partial charge in [-0.3, -0.25) is 4.79 Å². The Balaban J connectivity index is 1.66. The lowest BCUT2D eigenvalue weighted by molar-refractivity contribution is 0.0977. The number of carbonyl (C=O) groups excluding carboxylic acids is 1. The number of pyridine rings is 1. The Morgan fingerprint density at radius 2 is 1.94 bits per heavy atom. The van der Waals surface area contributed by atoms with Crippen LogP contribution < -0.4 is 4.72 Å². The zero-order chi connectivity index (χ0) is 23.0. The molecule has 12 heteroatoms. The van der Waals surface area contributed by atoms with Crippen LogP contribution in [0.4, 0.5) is 0 Å². The van der Waals surface area contributed by atoms with E-state index in [1.165, 1.54) is 18.2 Å². The molecule has 0 spiro atoms. The highest BCUT2D eigenvalue weighted by Gasteiger charge is 2.22. The van der Waals surface area contributed by atoms with Crippen molar-refractivity contribution < 1.29 is 13.2 Å². The molecule has 1 aromatic carbocycles. The van der Waals surface area contributed by atoms with E-state index in [1.54, 1.807) is 17.8 Å². The topological polar surface area (TPSA) is 94.0 Å². The normalized spacial score (nSPS) is 11.8. The van der Waals surface area contributed by atoms with Gasteiger partial charge in [-0.25, -0.2) is 23.1 Å². The summed E-state index contributed by atoms with van der Waals surface area (Å²) in [6.07, 6.45) is 1.97. The maximum absolute atomic E-state index is 12.7. The van der Waals surface area contributed by atoms with Crippen LogP contribution in [0.5, 0.6) is 0 Å². The van der Waals surface area contributed by atoms with E-state index >= 15 is 0 Å². The van der Waals surface area contributed by atoms with E-state index < -0.39 is 15.9 Å². The van der Waals surface area contributed by atoms with Gasteiger partial charge in [-0.1, -0.05) is 29.3 Å². The number of benzene rings is 1. The van der Waals surface area contributed by atoms with Gasteiger partial charge in [0.1, 0.15) is 21.2 Å². The van der Waals surface area contributed by atoms with Gasteiger partial charge in [0.15, 0.2) is 5.65 Å². The molecule has 1 N–H and O–H groups in total. The summed E-state index contributed by atoms with van der Waals surface area (Å²) in [6, 6.07) is 11.7. The van der Waals surface area contributed by atoms with Crippen LogP contribution in [0.15, 0.2) is 51.6 Å². The lowest BCUT2D eigenvalue weighted by Crippen LogP contribution is -2.30. The molecule has 0 fully saturated rings. The number of thioether (sulfide) groups is 1. The molecular weight excluding hydrogens is 511 g/mol. The minimum absolute atomic E-state index is 0.0475. The van der Waals surface area contributed by atoms with Crippen LogP contribution in [-0.2, 0) is 16.6 Å². The number of nitrogens with zero attached hydrogens (tertiary/aromatic N) is 3. The average molecular weight is 527 g/mol. The number of aryl methyl sites for hydroxylation is 1. The molecule has 4 aromatic rings. The molecular formula is C20H16Cl2N4O3S3. The lowest BCUT2D eigenvalue weighted by atomic mass is 10.2. The minimum atomic E-state index is -4.05. The summed E-state index contributed by atoms with van der Waals surface area (Å²) in [5.41, 5.74) is 1.87. The van der Waals surface area contributed by atoms with Crippen molar-refractivity contribution in [1.82, 2.24) is 19.3 Å². The number of imidazole rings is 1. The van der Waals surface area contributed by atoms with E-state index in [9.17, 15) is 13.2 Å². The summed E-state index contributed by atoms with van der Waals surface area (Å²) in [6.45, 7) is 2.23. The van der Waals surface area contributed by atoms with Gasteiger partial charge in [-0.2, -0.15) is 0 Å². The van der Waals surface area contributed by atoms with Crippen LogP contribution in [0, 0.1) is 6.92 Å². The van der Waals surface area contributed by atoms with Crippen molar-refractivity contribution in [3.8, 4) is 0 Å². The molecule has 0 saturated carbocycles. The van der Waals surface area contributed by atoms with Gasteiger partial charge in [-0.05, 0) is 55.1 Å². The Morgan fingerprint density at radius 3 is 2.59 bits per heavy atom. The van der Waals surface area contributed by atoms with Gasteiger partial charge in [-0.15, -0.1) is 23.1 Å². The van der Waals surface area contributed by atoms with E-state index in [4.69, 9.17) is 23.2 Å². The van der Waals surface area contributed by atoms with Gasteiger partial charge in [0, 0.05) is 9.92 Å². The molecule has 0 aliphatic rings. The summed E-state index contributed by atoms with van der Waals surface area (Å²) >= 11 is 14.7. The Morgan fingerprint density at radius 1 is 1.16 bits per heavy atom. The predicted octanol–water partition coefficient (Wildman–Crippen LogP) is 5.00. The van der Waals surface area contributed by atoms with E-state index in [0.29, 0.717) is 32.9 Å². The van der Waals surface area contributed by atoms with E-state index in [1.807, 2.05) is 40.7 Å². The number of hydrogen-bond donors (Lipinski definition) is 1. The average Bonchev–Trinajstić information content (AvgIpc) is 3.32. The van der Waals surface area contributed by atoms with Crippen molar-refractivity contribution in [2.24, 2.45) is 0 Å². The number of amides is 1. The summed E-state index contributed by atoms with van der Waals surface area (Å²) in [5, 5.41) is 0.618. The summed E-state index contributed by atoms with van der Waals surface area (Å²) in [5.74, 6) is -0.153. The molecule has 166 valence electrons. The molecule has 0 atom stereocenters. The van der Waals surface area contributed by atoms with Crippen LogP contribution >= 0.6 is 46.3 Å². The van der Waals surface area contributed by atoms with Gasteiger partial charge >= 0.3 is 0 Å². The maximum atomic E-state index is 12.7. The van der Waals surface area contributed by atoms with Crippen molar-refractivity contribution in [1.29, 1.82) is 0 Å². The number of halogens is 2. The predicted molar refractivity (Wildman–Crippen MR) is 129 cm³/mol. The first-order valence-corrected chi connectivity index (χ1v) is 13.4. The third-order valence-corrected chi connectivity index (χ3v) is 8.78. The van der Waals surface area contributed by atoms with E-state index in [-0.39, 0.29) is 9.90 Å². The largest absolute Gasteiger partial charge is 0.308 e. The Bertz CT molecular complexity index is 1450. The second-order valence-corrected chi connectivity index (χ2v) is 11.6. The van der Waals surface area contributed by atoms with E-state index in [0.717, 1.165) is 21.8 Å². The molecule has 4 rings (SSSR count). The van der Waals surface area contributed by atoms with Crippen molar-refractivity contribution in [3.05, 3.63) is 68.9 Å². The van der Waals surface area contributed by atoms with Crippen LogP contribution in [-0.4, -0.2) is 35.1 Å². The van der Waals surface area contributed by atoms with Crippen molar-refractivity contribution >= 4 is 73.4 Å². The Kier molecular flexibility index (Phi) is 6.51. The molecule has 0 saturated heterocycles. The second kappa shape index (κ2) is 9.03. The highest BCUT2D eigenvalue weighted by atomic mass is 35.5. The number of hydrogen-bond acceptors (Lipinski definition) is 7. The van der Waals surface area contributed by atoms with Gasteiger partial charge < -0.3 is 4.57 Å². The quantitative estimate of drug-likeness (QED) is 0.355. The number of rotatable bonds is 6. The third kappa shape index (κ3) is 4.65. The second-order valence-electron chi connectivity index (χ2n) is 6.73. The van der Waals surface area contributed by atoms with Crippen LogP contribution in [0.3, 0.4) is 0 Å². The fraction of sp³-hybridized carbons (Fsp3) is 0.150. The maximum Gasteiger partial charge on any atom is 0.283 e. The summed E-state index contributed by atoms with van der Waals surface area (Å²) in [7, 11) is -4.05. The standard InChI is InChI=1S/C20H16Cl2N4O3S3/c1-11-23-15-5-6-16(20(27)25-32(28,29)18-8-7-17(22)31-18)24-19(15)26(11)10-12-3-4-13(30-2)9-14(12)21/h3-9H,10H2,1-2H3,(H,25,27). The van der Waals surface area contributed by atoms with Crippen LogP contribution in [0.2, 0.25) is 9.36 Å². The first kappa shape index (κ1) is 23.1.